The first-order chi connectivity index (χ1) is 8.58. The number of halogens is 1. The lowest BCUT2D eigenvalue weighted by Gasteiger charge is -2.14. The average molecular weight is 309 g/mol. The molecule has 1 N–H and O–H groups in total. The Bertz CT molecular complexity index is 518. The van der Waals surface area contributed by atoms with Gasteiger partial charge in [0.05, 0.1) is 6.54 Å². The van der Waals surface area contributed by atoms with Crippen LogP contribution in [0.3, 0.4) is 0 Å². The molecule has 18 heavy (non-hydrogen) atoms. The fraction of sp³-hybridized carbons (Fsp3) is 0.385. The van der Waals surface area contributed by atoms with E-state index in [2.05, 4.69) is 62.6 Å². The van der Waals surface area contributed by atoms with Crippen LogP contribution in [0, 0.1) is 6.92 Å². The van der Waals surface area contributed by atoms with Gasteiger partial charge in [-0.2, -0.15) is 0 Å². The van der Waals surface area contributed by atoms with Crippen molar-refractivity contribution >= 4 is 15.9 Å². The Balaban J connectivity index is 1.98. The van der Waals surface area contributed by atoms with Crippen molar-refractivity contribution < 1.29 is 0 Å². The van der Waals surface area contributed by atoms with Crippen LogP contribution in [0.2, 0.25) is 0 Å². The molecule has 1 atom stereocenters. The fourth-order valence-electron chi connectivity index (χ4n) is 1.72. The number of aromatic nitrogens is 3. The Morgan fingerprint density at radius 1 is 1.28 bits per heavy atom. The number of hydrogen-bond acceptors (Lipinski definition) is 3. The van der Waals surface area contributed by atoms with Gasteiger partial charge in [-0.25, -0.2) is 0 Å². The third kappa shape index (κ3) is 2.97. The second-order valence-corrected chi connectivity index (χ2v) is 5.29. The summed E-state index contributed by atoms with van der Waals surface area (Å²) in [6, 6.07) is 8.63. The summed E-state index contributed by atoms with van der Waals surface area (Å²) in [5.41, 5.74) is 1.26. The maximum Gasteiger partial charge on any atom is 0.146 e. The van der Waals surface area contributed by atoms with Gasteiger partial charge >= 0.3 is 0 Å². The van der Waals surface area contributed by atoms with Crippen molar-refractivity contribution in [2.75, 3.05) is 0 Å². The van der Waals surface area contributed by atoms with Crippen molar-refractivity contribution in [1.82, 2.24) is 20.1 Å². The second kappa shape index (κ2) is 5.63. The SMILES string of the molecule is Cc1nnc(CNC(C)c2ccc(Br)cc2)n1C. The van der Waals surface area contributed by atoms with E-state index in [-0.39, 0.29) is 6.04 Å². The zero-order valence-electron chi connectivity index (χ0n) is 10.8. The molecule has 0 aliphatic rings. The quantitative estimate of drug-likeness (QED) is 0.944. The maximum absolute atomic E-state index is 4.14. The van der Waals surface area contributed by atoms with Gasteiger partial charge in [-0.3, -0.25) is 0 Å². The van der Waals surface area contributed by atoms with E-state index in [0.29, 0.717) is 6.54 Å². The van der Waals surface area contributed by atoms with Crippen molar-refractivity contribution in [3.05, 3.63) is 46.0 Å². The predicted molar refractivity (Wildman–Crippen MR) is 75.1 cm³/mol. The van der Waals surface area contributed by atoms with Crippen molar-refractivity contribution in [2.45, 2.75) is 26.4 Å². The Morgan fingerprint density at radius 3 is 2.50 bits per heavy atom. The monoisotopic (exact) mass is 308 g/mol. The molecular weight excluding hydrogens is 292 g/mol. The maximum atomic E-state index is 4.14. The highest BCUT2D eigenvalue weighted by atomic mass is 79.9. The third-order valence-electron chi connectivity index (χ3n) is 3.12. The minimum Gasteiger partial charge on any atom is -0.317 e. The molecule has 1 aromatic heterocycles. The molecule has 0 bridgehead atoms. The van der Waals surface area contributed by atoms with E-state index in [4.69, 9.17) is 0 Å². The first kappa shape index (κ1) is 13.2. The van der Waals surface area contributed by atoms with E-state index in [0.717, 1.165) is 16.1 Å². The molecule has 2 aromatic rings. The summed E-state index contributed by atoms with van der Waals surface area (Å²) < 4.78 is 3.10. The molecule has 0 amide bonds. The summed E-state index contributed by atoms with van der Waals surface area (Å²) in [4.78, 5) is 0. The van der Waals surface area contributed by atoms with Gasteiger partial charge in [0, 0.05) is 17.6 Å². The molecule has 1 unspecified atom stereocenters. The van der Waals surface area contributed by atoms with Gasteiger partial charge in [0.15, 0.2) is 0 Å². The topological polar surface area (TPSA) is 42.7 Å². The minimum absolute atomic E-state index is 0.287. The highest BCUT2D eigenvalue weighted by Crippen LogP contribution is 2.16. The lowest BCUT2D eigenvalue weighted by atomic mass is 10.1. The zero-order valence-corrected chi connectivity index (χ0v) is 12.4. The molecule has 0 radical (unpaired) electrons. The summed E-state index contributed by atoms with van der Waals surface area (Å²) >= 11 is 3.44. The van der Waals surface area contributed by atoms with Crippen LogP contribution < -0.4 is 5.32 Å². The first-order valence-corrected chi connectivity index (χ1v) is 6.71. The highest BCUT2D eigenvalue weighted by molar-refractivity contribution is 9.10. The Kier molecular flexibility index (Phi) is 4.14. The number of rotatable bonds is 4. The molecule has 0 aliphatic carbocycles. The van der Waals surface area contributed by atoms with Gasteiger partial charge in [0.25, 0.3) is 0 Å². The average Bonchev–Trinajstić information content (AvgIpc) is 2.68. The predicted octanol–water partition coefficient (Wildman–Crippen LogP) is 2.74. The molecule has 96 valence electrons. The molecule has 4 nitrogen and oxygen atoms in total. The van der Waals surface area contributed by atoms with Gasteiger partial charge in [0.2, 0.25) is 0 Å². The van der Waals surface area contributed by atoms with Crippen molar-refractivity contribution in [2.24, 2.45) is 7.05 Å². The Labute approximate surface area is 116 Å². The van der Waals surface area contributed by atoms with Gasteiger partial charge in [0.1, 0.15) is 11.6 Å². The number of benzene rings is 1. The molecular formula is C13H17BrN4. The first-order valence-electron chi connectivity index (χ1n) is 5.91. The van der Waals surface area contributed by atoms with E-state index >= 15 is 0 Å². The summed E-state index contributed by atoms with van der Waals surface area (Å²) in [5.74, 6) is 1.89. The van der Waals surface area contributed by atoms with Crippen molar-refractivity contribution in [3.63, 3.8) is 0 Å². The second-order valence-electron chi connectivity index (χ2n) is 4.38. The van der Waals surface area contributed by atoms with E-state index < -0.39 is 0 Å². The third-order valence-corrected chi connectivity index (χ3v) is 3.65. The Hall–Kier alpha value is -1.20. The van der Waals surface area contributed by atoms with Gasteiger partial charge < -0.3 is 9.88 Å². The summed E-state index contributed by atoms with van der Waals surface area (Å²) in [6.45, 7) is 4.82. The fourth-order valence-corrected chi connectivity index (χ4v) is 1.98. The summed E-state index contributed by atoms with van der Waals surface area (Å²) in [6.07, 6.45) is 0. The molecule has 0 fully saturated rings. The van der Waals surface area contributed by atoms with Crippen LogP contribution in [0.5, 0.6) is 0 Å². The number of nitrogens with zero attached hydrogens (tertiary/aromatic N) is 3. The number of aryl methyl sites for hydroxylation is 1. The highest BCUT2D eigenvalue weighted by Gasteiger charge is 2.08. The van der Waals surface area contributed by atoms with E-state index in [1.807, 2.05) is 18.5 Å². The van der Waals surface area contributed by atoms with Crippen LogP contribution in [0.4, 0.5) is 0 Å². The van der Waals surface area contributed by atoms with E-state index in [9.17, 15) is 0 Å². The smallest absolute Gasteiger partial charge is 0.146 e. The van der Waals surface area contributed by atoms with Crippen LogP contribution in [0.25, 0.3) is 0 Å². The van der Waals surface area contributed by atoms with Gasteiger partial charge in [-0.15, -0.1) is 10.2 Å². The van der Waals surface area contributed by atoms with Crippen LogP contribution in [-0.2, 0) is 13.6 Å². The molecule has 1 aromatic carbocycles. The molecule has 0 aliphatic heterocycles. The van der Waals surface area contributed by atoms with Gasteiger partial charge in [-0.05, 0) is 31.5 Å². The molecule has 1 heterocycles. The van der Waals surface area contributed by atoms with Crippen molar-refractivity contribution in [3.8, 4) is 0 Å². The van der Waals surface area contributed by atoms with Gasteiger partial charge in [-0.1, -0.05) is 28.1 Å². The molecule has 0 saturated carbocycles. The summed E-state index contributed by atoms with van der Waals surface area (Å²) in [7, 11) is 1.98. The zero-order chi connectivity index (χ0) is 13.1. The van der Waals surface area contributed by atoms with E-state index in [1.165, 1.54) is 5.56 Å². The van der Waals surface area contributed by atoms with Crippen LogP contribution in [0.15, 0.2) is 28.7 Å². The lowest BCUT2D eigenvalue weighted by Crippen LogP contribution is -2.20. The molecule has 2 rings (SSSR count). The standard InChI is InChI=1S/C13H17BrN4/c1-9(11-4-6-12(14)7-5-11)15-8-13-17-16-10(2)18(13)3/h4-7,9,15H,8H2,1-3H3. The van der Waals surface area contributed by atoms with Crippen LogP contribution in [-0.4, -0.2) is 14.8 Å². The van der Waals surface area contributed by atoms with E-state index in [1.54, 1.807) is 0 Å². The van der Waals surface area contributed by atoms with Crippen LogP contribution in [0.1, 0.15) is 30.2 Å². The minimum atomic E-state index is 0.287. The normalized spacial score (nSPS) is 12.7. The lowest BCUT2D eigenvalue weighted by molar-refractivity contribution is 0.547. The number of nitrogens with one attached hydrogen (secondary N) is 1. The largest absolute Gasteiger partial charge is 0.317 e. The molecule has 0 saturated heterocycles. The Morgan fingerprint density at radius 2 is 1.94 bits per heavy atom. The van der Waals surface area contributed by atoms with Crippen LogP contribution >= 0.6 is 15.9 Å². The van der Waals surface area contributed by atoms with Crippen molar-refractivity contribution in [1.29, 1.82) is 0 Å². The molecule has 5 heteroatoms. The molecule has 0 spiro atoms. The number of hydrogen-bond donors (Lipinski definition) is 1. The summed E-state index contributed by atoms with van der Waals surface area (Å²) in [5, 5.41) is 11.6.